The second-order valence-corrected chi connectivity index (χ2v) is 16.2. The van der Waals surface area contributed by atoms with Gasteiger partial charge in [0.2, 0.25) is 0 Å². The van der Waals surface area contributed by atoms with Gasteiger partial charge < -0.3 is 5.48 Å². The number of benzene rings is 4. The van der Waals surface area contributed by atoms with Gasteiger partial charge in [-0.1, -0.05) is 0 Å². The van der Waals surface area contributed by atoms with E-state index < -0.39 is 18.8 Å². The Morgan fingerprint density at radius 1 is 0.517 bits per heavy atom. The summed E-state index contributed by atoms with van der Waals surface area (Å²) in [6.07, 6.45) is 0. The summed E-state index contributed by atoms with van der Waals surface area (Å²) in [6.45, 7) is 0. The van der Waals surface area contributed by atoms with Crippen LogP contribution in [0.4, 0.5) is 5.69 Å². The summed E-state index contributed by atoms with van der Waals surface area (Å²) >= 11 is -3.46. The van der Waals surface area contributed by atoms with Crippen LogP contribution in [0.3, 0.4) is 0 Å². The third-order valence-corrected chi connectivity index (χ3v) is 17.1. The van der Waals surface area contributed by atoms with E-state index in [4.69, 9.17) is 0 Å². The van der Waals surface area contributed by atoms with Gasteiger partial charge in [-0.15, -0.1) is 0 Å². The molecule has 0 spiro atoms. The van der Waals surface area contributed by atoms with E-state index in [1.807, 2.05) is 30.3 Å². The van der Waals surface area contributed by atoms with Gasteiger partial charge in [0.05, 0.1) is 0 Å². The molecule has 0 amide bonds. The van der Waals surface area contributed by atoms with E-state index in [-0.39, 0.29) is 16.1 Å². The third-order valence-electron chi connectivity index (χ3n) is 4.88. The zero-order chi connectivity index (χ0) is 19.4. The van der Waals surface area contributed by atoms with Crippen LogP contribution < -0.4 is 14.0 Å². The molecule has 145 valence electrons. The topological polar surface area (TPSA) is 74.6 Å². The van der Waals surface area contributed by atoms with E-state index in [0.29, 0.717) is 0 Å². The molecule has 0 atom stereocenters. The molecule has 29 heavy (non-hydrogen) atoms. The molecule has 0 fully saturated rings. The fraction of sp³-hybridized carbons (Fsp3) is 0. The van der Waals surface area contributed by atoms with Gasteiger partial charge in [-0.25, -0.2) is 0 Å². The summed E-state index contributed by atoms with van der Waals surface area (Å²) in [4.78, 5) is 10.9. The van der Waals surface area contributed by atoms with Crippen molar-refractivity contribution in [3.63, 3.8) is 0 Å². The number of hydrogen-bond donors (Lipinski definition) is 0. The van der Waals surface area contributed by atoms with E-state index in [0.717, 1.165) is 0 Å². The number of nitro benzene ring substituents is 1. The second-order valence-electron chi connectivity index (χ2n) is 6.45. The van der Waals surface area contributed by atoms with Crippen LogP contribution in [0.2, 0.25) is 0 Å². The molecule has 2 N–H and O–H groups in total. The predicted molar refractivity (Wildman–Crippen MR) is 120 cm³/mol. The van der Waals surface area contributed by atoms with Gasteiger partial charge >= 0.3 is 169 Å². The van der Waals surface area contributed by atoms with E-state index in [1.54, 1.807) is 12.1 Å². The molecule has 0 saturated carbocycles. The molecular weight excluding hydrogens is 472 g/mol. The third kappa shape index (κ3) is 3.82. The molecule has 0 heterocycles. The number of nitro groups is 1. The van der Waals surface area contributed by atoms with E-state index >= 15 is 0 Å². The Balaban J connectivity index is 0.00000240. The van der Waals surface area contributed by atoms with Crippen molar-refractivity contribution in [2.24, 2.45) is 0 Å². The molecular formula is C24H21NO3Sb. The summed E-state index contributed by atoms with van der Waals surface area (Å²) < 4.78 is 5.12. The van der Waals surface area contributed by atoms with Gasteiger partial charge in [0.25, 0.3) is 0 Å². The van der Waals surface area contributed by atoms with Crippen LogP contribution in [0, 0.1) is 10.1 Å². The first-order valence-corrected chi connectivity index (χ1v) is 14.1. The monoisotopic (exact) mass is 492 g/mol. The van der Waals surface area contributed by atoms with Gasteiger partial charge in [0, 0.05) is 0 Å². The normalized spacial score (nSPS) is 10.8. The minimum atomic E-state index is -3.46. The van der Waals surface area contributed by atoms with Crippen molar-refractivity contribution in [1.29, 1.82) is 0 Å². The van der Waals surface area contributed by atoms with Crippen molar-refractivity contribution >= 4 is 38.5 Å². The quantitative estimate of drug-likeness (QED) is 0.243. The molecule has 0 aromatic heterocycles. The van der Waals surface area contributed by atoms with Crippen molar-refractivity contribution in [2.75, 3.05) is 0 Å². The van der Waals surface area contributed by atoms with E-state index in [1.165, 1.54) is 14.0 Å². The first-order valence-electron chi connectivity index (χ1n) is 9.04. The molecule has 0 bridgehead atoms. The predicted octanol–water partition coefficient (Wildman–Crippen LogP) is 2.15. The first-order chi connectivity index (χ1) is 13.7. The molecule has 0 unspecified atom stereocenters. The van der Waals surface area contributed by atoms with Crippen LogP contribution in [0.15, 0.2) is 115 Å². The van der Waals surface area contributed by atoms with E-state index in [2.05, 4.69) is 72.8 Å². The molecule has 4 aromatic rings. The average Bonchev–Trinajstić information content (AvgIpc) is 2.77. The fourth-order valence-electron chi connectivity index (χ4n) is 3.65. The maximum atomic E-state index is 11.2. The Morgan fingerprint density at radius 3 is 1.14 bits per heavy atom. The Labute approximate surface area is 173 Å². The Hall–Kier alpha value is -2.94. The van der Waals surface area contributed by atoms with Gasteiger partial charge in [-0.05, 0) is 0 Å². The summed E-state index contributed by atoms with van der Waals surface area (Å²) in [5, 5.41) is 11.2. The maximum absolute atomic E-state index is 11.2. The van der Waals surface area contributed by atoms with Gasteiger partial charge in [0.15, 0.2) is 0 Å². The number of nitrogens with zero attached hydrogens (tertiary/aromatic N) is 1. The van der Waals surface area contributed by atoms with Crippen LogP contribution in [0.1, 0.15) is 0 Å². The van der Waals surface area contributed by atoms with Gasteiger partial charge in [0.1, 0.15) is 0 Å². The van der Waals surface area contributed by atoms with Crippen LogP contribution in [-0.2, 0) is 0 Å². The molecule has 4 rings (SSSR count). The molecule has 4 aromatic carbocycles. The van der Waals surface area contributed by atoms with Crippen molar-refractivity contribution in [2.45, 2.75) is 0 Å². The molecule has 1 radical (unpaired) electrons. The van der Waals surface area contributed by atoms with Crippen molar-refractivity contribution in [1.82, 2.24) is 0 Å². The Kier molecular flexibility index (Phi) is 6.48. The SMILES string of the molecule is O.O=[N+]([O-])c1cc[c]([Sb]([c]2ccccc2)([c]2ccccc2)[c]2ccccc2)cc1. The number of non-ortho nitro benzene ring substituents is 1. The number of hydrogen-bond acceptors (Lipinski definition) is 2. The van der Waals surface area contributed by atoms with Gasteiger partial charge in [-0.2, -0.15) is 0 Å². The summed E-state index contributed by atoms with van der Waals surface area (Å²) in [6, 6.07) is 39.0. The van der Waals surface area contributed by atoms with Crippen LogP contribution in [-0.4, -0.2) is 29.2 Å². The molecule has 0 aliphatic rings. The summed E-state index contributed by atoms with van der Waals surface area (Å²) in [5.74, 6) is 0. The standard InChI is InChI=1S/C6H4NO2.3C6H5.H2O.Sb/c8-7(9)6-4-2-1-3-5-6;3*1-2-4-6-5-3-1;;/h2-5H;3*1-5H;1H2;. The molecule has 0 saturated heterocycles. The Morgan fingerprint density at radius 2 is 0.828 bits per heavy atom. The van der Waals surface area contributed by atoms with Crippen molar-refractivity contribution < 1.29 is 10.4 Å². The average molecular weight is 493 g/mol. The number of rotatable bonds is 5. The van der Waals surface area contributed by atoms with Gasteiger partial charge in [-0.3, -0.25) is 0 Å². The molecule has 0 aliphatic carbocycles. The zero-order valence-corrected chi connectivity index (χ0v) is 18.2. The summed E-state index contributed by atoms with van der Waals surface area (Å²) in [5.41, 5.74) is 0.122. The van der Waals surface area contributed by atoms with Crippen LogP contribution in [0.25, 0.3) is 0 Å². The summed E-state index contributed by atoms with van der Waals surface area (Å²) in [7, 11) is 0. The van der Waals surface area contributed by atoms with E-state index in [9.17, 15) is 10.1 Å². The fourth-order valence-corrected chi connectivity index (χ4v) is 15.8. The van der Waals surface area contributed by atoms with Crippen LogP contribution >= 0.6 is 0 Å². The zero-order valence-electron chi connectivity index (χ0n) is 15.7. The second kappa shape index (κ2) is 9.04. The van der Waals surface area contributed by atoms with Crippen LogP contribution in [0.5, 0.6) is 0 Å². The van der Waals surface area contributed by atoms with Crippen molar-refractivity contribution in [3.8, 4) is 0 Å². The minimum absolute atomic E-state index is 0. The first kappa shape index (κ1) is 20.8. The Bertz CT molecular complexity index is 973. The molecule has 4 nitrogen and oxygen atoms in total. The van der Waals surface area contributed by atoms with Crippen molar-refractivity contribution in [3.05, 3.63) is 125 Å². The molecule has 0 aliphatic heterocycles. The molecule has 5 heteroatoms.